The third kappa shape index (κ3) is 2.42. The summed E-state index contributed by atoms with van der Waals surface area (Å²) in [5.74, 6) is 0. The second-order valence-corrected chi connectivity index (χ2v) is 3.90. The van der Waals surface area contributed by atoms with E-state index < -0.39 is 0 Å². The molecule has 2 atom stereocenters. The van der Waals surface area contributed by atoms with Crippen LogP contribution >= 0.6 is 0 Å². The van der Waals surface area contributed by atoms with Crippen LogP contribution in [0, 0.1) is 0 Å². The highest BCUT2D eigenvalue weighted by molar-refractivity contribution is 5.38. The first kappa shape index (κ1) is 9.40. The van der Waals surface area contributed by atoms with Crippen LogP contribution in [0.3, 0.4) is 0 Å². The lowest BCUT2D eigenvalue weighted by Gasteiger charge is -2.27. The van der Waals surface area contributed by atoms with E-state index in [9.17, 15) is 0 Å². The highest BCUT2D eigenvalue weighted by atomic mass is 15.0. The molecule has 0 saturated heterocycles. The Balaban J connectivity index is 1.91. The van der Waals surface area contributed by atoms with E-state index in [2.05, 4.69) is 15.3 Å². The zero-order valence-electron chi connectivity index (χ0n) is 8.19. The van der Waals surface area contributed by atoms with Gasteiger partial charge in [-0.2, -0.15) is 0 Å². The van der Waals surface area contributed by atoms with Gasteiger partial charge >= 0.3 is 0 Å². The van der Waals surface area contributed by atoms with Crippen molar-refractivity contribution in [2.75, 3.05) is 5.32 Å². The van der Waals surface area contributed by atoms with Gasteiger partial charge in [-0.05, 0) is 25.7 Å². The van der Waals surface area contributed by atoms with E-state index in [-0.39, 0.29) is 0 Å². The van der Waals surface area contributed by atoms with Gasteiger partial charge < -0.3 is 11.1 Å². The number of anilines is 1. The molecule has 1 aliphatic rings. The third-order valence-corrected chi connectivity index (χ3v) is 2.65. The number of rotatable bonds is 2. The van der Waals surface area contributed by atoms with E-state index in [0.717, 1.165) is 18.5 Å². The summed E-state index contributed by atoms with van der Waals surface area (Å²) in [6.45, 7) is 0. The average Bonchev–Trinajstić information content (AvgIpc) is 2.19. The van der Waals surface area contributed by atoms with Crippen LogP contribution in [0.15, 0.2) is 18.7 Å². The second kappa shape index (κ2) is 4.37. The fourth-order valence-electron chi connectivity index (χ4n) is 1.97. The van der Waals surface area contributed by atoms with E-state index >= 15 is 0 Å². The lowest BCUT2D eigenvalue weighted by atomic mass is 9.91. The predicted octanol–water partition coefficient (Wildman–Crippen LogP) is 1.16. The van der Waals surface area contributed by atoms with Crippen LogP contribution in [0.5, 0.6) is 0 Å². The number of aromatic nitrogens is 2. The highest BCUT2D eigenvalue weighted by Gasteiger charge is 2.18. The molecule has 2 unspecified atom stereocenters. The molecule has 76 valence electrons. The maximum atomic E-state index is 5.91. The van der Waals surface area contributed by atoms with Gasteiger partial charge in [0, 0.05) is 12.1 Å². The minimum Gasteiger partial charge on any atom is -0.380 e. The molecule has 0 bridgehead atoms. The quantitative estimate of drug-likeness (QED) is 0.738. The van der Waals surface area contributed by atoms with Gasteiger partial charge in [-0.1, -0.05) is 0 Å². The molecule has 14 heavy (non-hydrogen) atoms. The van der Waals surface area contributed by atoms with Crippen LogP contribution in [0.2, 0.25) is 0 Å². The summed E-state index contributed by atoms with van der Waals surface area (Å²) in [4.78, 5) is 7.93. The smallest absolute Gasteiger partial charge is 0.115 e. The van der Waals surface area contributed by atoms with Gasteiger partial charge in [0.25, 0.3) is 0 Å². The molecule has 1 aliphatic carbocycles. The molecule has 1 fully saturated rings. The topological polar surface area (TPSA) is 63.8 Å². The Morgan fingerprint density at radius 3 is 2.79 bits per heavy atom. The van der Waals surface area contributed by atoms with E-state index in [1.54, 1.807) is 12.4 Å². The normalized spacial score (nSPS) is 27.2. The monoisotopic (exact) mass is 192 g/mol. The van der Waals surface area contributed by atoms with Gasteiger partial charge in [0.1, 0.15) is 6.33 Å². The van der Waals surface area contributed by atoms with Crippen LogP contribution in [-0.4, -0.2) is 22.1 Å². The summed E-state index contributed by atoms with van der Waals surface area (Å²) in [7, 11) is 0. The van der Waals surface area contributed by atoms with Crippen molar-refractivity contribution in [2.45, 2.75) is 37.8 Å². The van der Waals surface area contributed by atoms with Crippen molar-refractivity contribution in [3.8, 4) is 0 Å². The first-order valence-corrected chi connectivity index (χ1v) is 5.12. The predicted molar refractivity (Wildman–Crippen MR) is 55.9 cm³/mol. The zero-order chi connectivity index (χ0) is 9.80. The standard InChI is InChI=1S/C10H16N4/c11-8-2-1-3-9(4-8)14-10-5-12-7-13-6-10/h5-9,14H,1-4,11H2. The van der Waals surface area contributed by atoms with E-state index in [1.165, 1.54) is 19.2 Å². The molecular formula is C10H16N4. The van der Waals surface area contributed by atoms with Crippen molar-refractivity contribution in [3.05, 3.63) is 18.7 Å². The van der Waals surface area contributed by atoms with Crippen LogP contribution in [0.1, 0.15) is 25.7 Å². The van der Waals surface area contributed by atoms with Crippen molar-refractivity contribution in [3.63, 3.8) is 0 Å². The maximum Gasteiger partial charge on any atom is 0.115 e. The Morgan fingerprint density at radius 1 is 1.29 bits per heavy atom. The minimum atomic E-state index is 0.353. The zero-order valence-corrected chi connectivity index (χ0v) is 8.19. The van der Waals surface area contributed by atoms with Crippen molar-refractivity contribution in [1.82, 2.24) is 9.97 Å². The molecule has 1 aromatic rings. The molecule has 1 heterocycles. The summed E-state index contributed by atoms with van der Waals surface area (Å²) >= 11 is 0. The lowest BCUT2D eigenvalue weighted by molar-refractivity contribution is 0.409. The first-order chi connectivity index (χ1) is 6.84. The number of nitrogens with two attached hydrogens (primary N) is 1. The van der Waals surface area contributed by atoms with Crippen LogP contribution in [0.25, 0.3) is 0 Å². The molecule has 0 radical (unpaired) electrons. The van der Waals surface area contributed by atoms with Crippen molar-refractivity contribution in [1.29, 1.82) is 0 Å². The third-order valence-electron chi connectivity index (χ3n) is 2.65. The largest absolute Gasteiger partial charge is 0.380 e. The molecule has 1 saturated carbocycles. The second-order valence-electron chi connectivity index (χ2n) is 3.90. The molecule has 4 heteroatoms. The van der Waals surface area contributed by atoms with Crippen molar-refractivity contribution < 1.29 is 0 Å². The summed E-state index contributed by atoms with van der Waals surface area (Å²) < 4.78 is 0. The van der Waals surface area contributed by atoms with Crippen LogP contribution < -0.4 is 11.1 Å². The van der Waals surface area contributed by atoms with E-state index in [1.807, 2.05) is 0 Å². The van der Waals surface area contributed by atoms with E-state index in [0.29, 0.717) is 12.1 Å². The number of nitrogens with zero attached hydrogens (tertiary/aromatic N) is 2. The van der Waals surface area contributed by atoms with Crippen LogP contribution in [-0.2, 0) is 0 Å². The molecule has 4 nitrogen and oxygen atoms in total. The Morgan fingerprint density at radius 2 is 2.07 bits per heavy atom. The summed E-state index contributed by atoms with van der Waals surface area (Å²) in [5, 5.41) is 3.41. The average molecular weight is 192 g/mol. The molecular weight excluding hydrogens is 176 g/mol. The Bertz CT molecular complexity index is 275. The number of hydrogen-bond acceptors (Lipinski definition) is 4. The van der Waals surface area contributed by atoms with Gasteiger partial charge in [0.2, 0.25) is 0 Å². The Kier molecular flexibility index (Phi) is 2.93. The minimum absolute atomic E-state index is 0.353. The van der Waals surface area contributed by atoms with Gasteiger partial charge in [-0.3, -0.25) is 0 Å². The van der Waals surface area contributed by atoms with Gasteiger partial charge in [0.05, 0.1) is 18.1 Å². The van der Waals surface area contributed by atoms with E-state index in [4.69, 9.17) is 5.73 Å². The number of nitrogens with one attached hydrogen (secondary N) is 1. The molecule has 0 aliphatic heterocycles. The van der Waals surface area contributed by atoms with Gasteiger partial charge in [0.15, 0.2) is 0 Å². The molecule has 0 aromatic carbocycles. The Hall–Kier alpha value is -1.16. The number of hydrogen-bond donors (Lipinski definition) is 2. The SMILES string of the molecule is NC1CCCC(Nc2cncnc2)C1. The summed E-state index contributed by atoms with van der Waals surface area (Å²) in [6.07, 6.45) is 9.76. The lowest BCUT2D eigenvalue weighted by Crippen LogP contribution is -2.34. The highest BCUT2D eigenvalue weighted by Crippen LogP contribution is 2.20. The molecule has 0 spiro atoms. The van der Waals surface area contributed by atoms with Crippen molar-refractivity contribution in [2.24, 2.45) is 5.73 Å². The molecule has 3 N–H and O–H groups in total. The van der Waals surface area contributed by atoms with Gasteiger partial charge in [-0.25, -0.2) is 9.97 Å². The maximum absolute atomic E-state index is 5.91. The van der Waals surface area contributed by atoms with Crippen molar-refractivity contribution >= 4 is 5.69 Å². The molecule has 0 amide bonds. The fraction of sp³-hybridized carbons (Fsp3) is 0.600. The van der Waals surface area contributed by atoms with Gasteiger partial charge in [-0.15, -0.1) is 0 Å². The fourth-order valence-corrected chi connectivity index (χ4v) is 1.97. The Labute approximate surface area is 83.9 Å². The first-order valence-electron chi connectivity index (χ1n) is 5.12. The summed E-state index contributed by atoms with van der Waals surface area (Å²) in [6, 6.07) is 0.843. The van der Waals surface area contributed by atoms with Crippen LogP contribution in [0.4, 0.5) is 5.69 Å². The molecule has 2 rings (SSSR count). The summed E-state index contributed by atoms with van der Waals surface area (Å²) in [5.41, 5.74) is 6.90. The molecule has 1 aromatic heterocycles.